The highest BCUT2D eigenvalue weighted by Crippen LogP contribution is 2.24. The molecule has 152 valence electrons. The minimum absolute atomic E-state index is 0.166. The maximum atomic E-state index is 12.3. The molecule has 0 fully saturated rings. The molecule has 0 radical (unpaired) electrons. The molecule has 0 aliphatic heterocycles. The number of nitrogens with zero attached hydrogens (tertiary/aromatic N) is 5. The van der Waals surface area contributed by atoms with E-state index in [1.54, 1.807) is 10.7 Å². The quantitative estimate of drug-likeness (QED) is 0.335. The number of carbonyl (C=O) groups is 1. The lowest BCUT2D eigenvalue weighted by molar-refractivity contribution is -0.113. The molecule has 2 aromatic heterocycles. The molecule has 0 aliphatic rings. The normalized spacial score (nSPS) is 11.0. The van der Waals surface area contributed by atoms with Crippen molar-refractivity contribution in [1.82, 2.24) is 25.0 Å². The molecule has 10 heteroatoms. The molecule has 2 aromatic carbocycles. The monoisotopic (exact) mass is 458 g/mol. The number of carbonyl (C=O) groups excluding carboxylic acids is 1. The Morgan fingerprint density at radius 1 is 1.13 bits per heavy atom. The zero-order chi connectivity index (χ0) is 21.1. The van der Waals surface area contributed by atoms with Crippen molar-refractivity contribution in [2.45, 2.75) is 18.5 Å². The van der Waals surface area contributed by atoms with E-state index in [-0.39, 0.29) is 11.7 Å². The molecule has 1 N–H and O–H groups in total. The zero-order valence-electron chi connectivity index (χ0n) is 15.8. The first kappa shape index (κ1) is 20.6. The summed E-state index contributed by atoms with van der Waals surface area (Å²) in [6, 6.07) is 12.9. The Labute approximate surface area is 186 Å². The lowest BCUT2D eigenvalue weighted by Crippen LogP contribution is -2.14. The van der Waals surface area contributed by atoms with Gasteiger partial charge in [0.05, 0.1) is 12.3 Å². The molecule has 2 heterocycles. The van der Waals surface area contributed by atoms with Crippen molar-refractivity contribution in [2.24, 2.45) is 0 Å². The number of aryl methyl sites for hydroxylation is 1. The Kier molecular flexibility index (Phi) is 6.17. The van der Waals surface area contributed by atoms with E-state index < -0.39 is 0 Å². The van der Waals surface area contributed by atoms with Crippen LogP contribution in [0.5, 0.6) is 0 Å². The Balaban J connectivity index is 1.45. The molecular weight excluding hydrogens is 443 g/mol. The fourth-order valence-corrected chi connectivity index (χ4v) is 3.78. The van der Waals surface area contributed by atoms with Crippen LogP contribution in [0.4, 0.5) is 5.69 Å². The van der Waals surface area contributed by atoms with Gasteiger partial charge in [-0.05, 0) is 42.3 Å². The summed E-state index contributed by atoms with van der Waals surface area (Å²) in [5.41, 5.74) is 3.79. The summed E-state index contributed by atoms with van der Waals surface area (Å²) in [6.07, 6.45) is 1.45. The number of nitrogens with one attached hydrogen (secondary N) is 1. The first-order valence-electron chi connectivity index (χ1n) is 8.97. The highest BCUT2D eigenvalue weighted by atomic mass is 35.5. The molecule has 0 aliphatic carbocycles. The van der Waals surface area contributed by atoms with E-state index in [1.807, 2.05) is 43.3 Å². The summed E-state index contributed by atoms with van der Waals surface area (Å²) in [4.78, 5) is 20.9. The van der Waals surface area contributed by atoms with Crippen LogP contribution in [-0.4, -0.2) is 36.6 Å². The second kappa shape index (κ2) is 8.99. The summed E-state index contributed by atoms with van der Waals surface area (Å²) in [5.74, 6) is 0.00186. The van der Waals surface area contributed by atoms with Gasteiger partial charge < -0.3 is 5.32 Å². The number of anilines is 1. The van der Waals surface area contributed by atoms with Crippen molar-refractivity contribution in [3.63, 3.8) is 0 Å². The first-order valence-corrected chi connectivity index (χ1v) is 10.7. The molecule has 1 amide bonds. The molecule has 0 spiro atoms. The average molecular weight is 459 g/mol. The lowest BCUT2D eigenvalue weighted by Gasteiger charge is -2.07. The zero-order valence-corrected chi connectivity index (χ0v) is 18.2. The molecule has 7 nitrogen and oxygen atoms in total. The fraction of sp³-hybridized carbons (Fsp3) is 0.150. The van der Waals surface area contributed by atoms with E-state index in [0.29, 0.717) is 38.5 Å². The smallest absolute Gasteiger partial charge is 0.234 e. The SMILES string of the molecule is Cc1ccc(NC(=O)CSc2ncnc3c2nnn3Cc2ccc(Cl)cc2)cc1Cl. The van der Waals surface area contributed by atoms with Crippen LogP contribution < -0.4 is 5.32 Å². The van der Waals surface area contributed by atoms with Crippen LogP contribution >= 0.6 is 35.0 Å². The predicted octanol–water partition coefficient (Wildman–Crippen LogP) is 4.62. The van der Waals surface area contributed by atoms with E-state index in [0.717, 1.165) is 11.1 Å². The maximum absolute atomic E-state index is 12.3. The standard InChI is InChI=1S/C20H16Cl2N6OS/c1-12-2-7-15(8-16(12)22)25-17(29)10-30-20-18-19(23-11-24-20)28(27-26-18)9-13-3-5-14(21)6-4-13/h2-8,11H,9-10H2,1H3,(H,25,29). The summed E-state index contributed by atoms with van der Waals surface area (Å²) < 4.78 is 1.69. The van der Waals surface area contributed by atoms with Crippen molar-refractivity contribution in [3.8, 4) is 0 Å². The van der Waals surface area contributed by atoms with Crippen LogP contribution in [-0.2, 0) is 11.3 Å². The third-order valence-electron chi connectivity index (χ3n) is 4.31. The number of benzene rings is 2. The number of rotatable bonds is 6. The van der Waals surface area contributed by atoms with Gasteiger partial charge in [0.25, 0.3) is 0 Å². The third kappa shape index (κ3) is 4.72. The topological polar surface area (TPSA) is 85.6 Å². The van der Waals surface area contributed by atoms with E-state index in [2.05, 4.69) is 25.6 Å². The molecule has 0 unspecified atom stereocenters. The average Bonchev–Trinajstić information content (AvgIpc) is 3.14. The van der Waals surface area contributed by atoms with Crippen LogP contribution in [0.1, 0.15) is 11.1 Å². The Hall–Kier alpha value is -2.68. The van der Waals surface area contributed by atoms with Gasteiger partial charge in [-0.3, -0.25) is 4.79 Å². The summed E-state index contributed by atoms with van der Waals surface area (Å²) in [5, 5.41) is 13.1. The van der Waals surface area contributed by atoms with Crippen LogP contribution in [0.15, 0.2) is 53.8 Å². The number of halogens is 2. The highest BCUT2D eigenvalue weighted by molar-refractivity contribution is 8.00. The largest absolute Gasteiger partial charge is 0.325 e. The molecule has 4 rings (SSSR count). The van der Waals surface area contributed by atoms with Gasteiger partial charge in [-0.2, -0.15) is 0 Å². The predicted molar refractivity (Wildman–Crippen MR) is 119 cm³/mol. The number of hydrogen-bond acceptors (Lipinski definition) is 6. The second-order valence-corrected chi connectivity index (χ2v) is 8.33. The number of aromatic nitrogens is 5. The van der Waals surface area contributed by atoms with Gasteiger partial charge in [0, 0.05) is 15.7 Å². The number of thioether (sulfide) groups is 1. The van der Waals surface area contributed by atoms with E-state index in [4.69, 9.17) is 23.2 Å². The van der Waals surface area contributed by atoms with Crippen molar-refractivity contribution in [1.29, 1.82) is 0 Å². The number of amides is 1. The molecule has 0 saturated carbocycles. The van der Waals surface area contributed by atoms with Crippen LogP contribution in [0.25, 0.3) is 11.2 Å². The summed E-state index contributed by atoms with van der Waals surface area (Å²) >= 11 is 13.3. The van der Waals surface area contributed by atoms with Crippen LogP contribution in [0.3, 0.4) is 0 Å². The first-order chi connectivity index (χ1) is 14.5. The summed E-state index contributed by atoms with van der Waals surface area (Å²) in [6.45, 7) is 2.41. The molecular formula is C20H16Cl2N6OS. The van der Waals surface area contributed by atoms with E-state index in [9.17, 15) is 4.79 Å². The van der Waals surface area contributed by atoms with Gasteiger partial charge in [0.2, 0.25) is 5.91 Å². The molecule has 0 saturated heterocycles. The summed E-state index contributed by atoms with van der Waals surface area (Å²) in [7, 11) is 0. The second-order valence-electron chi connectivity index (χ2n) is 6.53. The van der Waals surface area contributed by atoms with Gasteiger partial charge in [0.15, 0.2) is 11.2 Å². The highest BCUT2D eigenvalue weighted by Gasteiger charge is 2.14. The minimum Gasteiger partial charge on any atom is -0.325 e. The molecule has 30 heavy (non-hydrogen) atoms. The van der Waals surface area contributed by atoms with Crippen LogP contribution in [0.2, 0.25) is 10.0 Å². The lowest BCUT2D eigenvalue weighted by atomic mass is 10.2. The van der Waals surface area contributed by atoms with Gasteiger partial charge in [0.1, 0.15) is 11.4 Å². The van der Waals surface area contributed by atoms with Gasteiger partial charge >= 0.3 is 0 Å². The maximum Gasteiger partial charge on any atom is 0.234 e. The van der Waals surface area contributed by atoms with Crippen molar-refractivity contribution < 1.29 is 4.79 Å². The minimum atomic E-state index is -0.166. The van der Waals surface area contributed by atoms with Crippen molar-refractivity contribution >= 4 is 57.7 Å². The molecule has 4 aromatic rings. The Morgan fingerprint density at radius 3 is 2.70 bits per heavy atom. The van der Waals surface area contributed by atoms with Gasteiger partial charge in [-0.15, -0.1) is 5.10 Å². The molecule has 0 bridgehead atoms. The van der Waals surface area contributed by atoms with E-state index in [1.165, 1.54) is 18.1 Å². The van der Waals surface area contributed by atoms with Crippen LogP contribution in [0, 0.1) is 6.92 Å². The Morgan fingerprint density at radius 2 is 1.93 bits per heavy atom. The third-order valence-corrected chi connectivity index (χ3v) is 5.95. The number of hydrogen-bond donors (Lipinski definition) is 1. The van der Waals surface area contributed by atoms with Gasteiger partial charge in [-0.1, -0.05) is 58.4 Å². The van der Waals surface area contributed by atoms with Crippen molar-refractivity contribution in [2.75, 3.05) is 11.1 Å². The molecule has 0 atom stereocenters. The van der Waals surface area contributed by atoms with Crippen molar-refractivity contribution in [3.05, 3.63) is 70.0 Å². The fourth-order valence-electron chi connectivity index (χ4n) is 2.75. The van der Waals surface area contributed by atoms with Gasteiger partial charge in [-0.25, -0.2) is 14.6 Å². The van der Waals surface area contributed by atoms with E-state index >= 15 is 0 Å². The number of fused-ring (bicyclic) bond motifs is 1. The Bertz CT molecular complexity index is 1210.